The van der Waals surface area contributed by atoms with Crippen LogP contribution in [-0.4, -0.2) is 0 Å². The van der Waals surface area contributed by atoms with Crippen molar-refractivity contribution in [3.8, 4) is 12.1 Å². The molecule has 0 atom stereocenters. The molecule has 0 N–H and O–H groups in total. The van der Waals surface area contributed by atoms with Crippen molar-refractivity contribution in [1.82, 2.24) is 0 Å². The van der Waals surface area contributed by atoms with Crippen LogP contribution in [0.4, 0.5) is 0 Å². The van der Waals surface area contributed by atoms with Gasteiger partial charge in [0.2, 0.25) is 0 Å². The Morgan fingerprint density at radius 2 is 1.20 bits per heavy atom. The molecule has 0 unspecified atom stereocenters. The molecule has 2 heteroatoms. The molecule has 0 aromatic heterocycles. The lowest BCUT2D eigenvalue weighted by atomic mass is 10.9. The fourth-order valence-electron chi connectivity index (χ4n) is 0. The summed E-state index contributed by atoms with van der Waals surface area (Å²) in [5.41, 5.74) is 0. The molecule has 0 saturated heterocycles. The number of rotatable bonds is 0. The van der Waals surface area contributed by atoms with Crippen molar-refractivity contribution in [2.75, 3.05) is 0 Å². The van der Waals surface area contributed by atoms with Crippen LogP contribution in [0.3, 0.4) is 0 Å². The van der Waals surface area contributed by atoms with Gasteiger partial charge in [-0.3, -0.25) is 0 Å². The van der Waals surface area contributed by atoms with Crippen molar-refractivity contribution in [3.05, 3.63) is 0 Å². The molecule has 0 aliphatic heterocycles. The zero-order valence-electron chi connectivity index (χ0n) is 1.89. The normalized spacial score (nSPS) is 2.00. The summed E-state index contributed by atoms with van der Waals surface area (Å²) in [6.07, 6.45) is 0. The van der Waals surface area contributed by atoms with E-state index in [0.717, 1.165) is 0 Å². The predicted octanol–water partition coefficient (Wildman–Crippen LogP) is 0.670. The van der Waals surface area contributed by atoms with E-state index < -0.39 is 0 Å². The minimum Gasteiger partial charge on any atom is -0.181 e. The van der Waals surface area contributed by atoms with Crippen molar-refractivity contribution < 1.29 is 0 Å². The van der Waals surface area contributed by atoms with Gasteiger partial charge in [-0.05, 0) is 0 Å². The Morgan fingerprint density at radius 3 is 1.20 bits per heavy atom. The molecular formula is C3H4N2. The van der Waals surface area contributed by atoms with E-state index >= 15 is 0 Å². The summed E-state index contributed by atoms with van der Waals surface area (Å²) >= 11 is 0. The molecule has 0 amide bonds. The molecule has 0 aliphatic rings. The highest BCUT2D eigenvalue weighted by Crippen LogP contribution is 1.27. The summed E-state index contributed by atoms with van der Waals surface area (Å²) in [7, 11) is 0. The Bertz CT molecular complexity index is 59.9. The van der Waals surface area contributed by atoms with Crippen molar-refractivity contribution in [2.24, 2.45) is 0 Å². The molecule has 0 radical (unpaired) electrons. The molecule has 0 saturated carbocycles. The van der Waals surface area contributed by atoms with Crippen LogP contribution in [0.2, 0.25) is 0 Å². The zero-order valence-corrected chi connectivity index (χ0v) is 1.89. The maximum absolute atomic E-state index is 7.26. The van der Waals surface area contributed by atoms with Gasteiger partial charge < -0.3 is 0 Å². The summed E-state index contributed by atoms with van der Waals surface area (Å²) in [6, 6.07) is 2.47. The molecule has 0 aromatic rings. The first kappa shape index (κ1) is 9.02. The van der Waals surface area contributed by atoms with E-state index in [1.54, 1.807) is 0 Å². The van der Waals surface area contributed by atoms with Gasteiger partial charge >= 0.3 is 0 Å². The molecule has 0 aliphatic carbocycles. The van der Waals surface area contributed by atoms with Crippen LogP contribution in [0.1, 0.15) is 7.43 Å². The van der Waals surface area contributed by atoms with Gasteiger partial charge in [0, 0.05) is 0 Å². The van der Waals surface area contributed by atoms with Crippen LogP contribution in [0.5, 0.6) is 0 Å². The molecule has 5 heavy (non-hydrogen) atoms. The fraction of sp³-hybridized carbons (Fsp3) is 0.333. The number of nitrogens with zero attached hydrogens (tertiary/aromatic N) is 2. The maximum atomic E-state index is 7.26. The SMILES string of the molecule is C.N#CC#N. The van der Waals surface area contributed by atoms with Crippen LogP contribution in [-0.2, 0) is 0 Å². The van der Waals surface area contributed by atoms with Crippen molar-refractivity contribution in [1.29, 1.82) is 10.5 Å². The van der Waals surface area contributed by atoms with Crippen LogP contribution < -0.4 is 0 Å². The first-order valence-electron chi connectivity index (χ1n) is 0.697. The predicted molar refractivity (Wildman–Crippen MR) is 18.0 cm³/mol. The minimum atomic E-state index is 0. The topological polar surface area (TPSA) is 47.6 Å². The Hall–Kier alpha value is -1.02. The zero-order chi connectivity index (χ0) is 3.41. The number of nitriles is 2. The van der Waals surface area contributed by atoms with Crippen LogP contribution >= 0.6 is 0 Å². The number of hydrogen-bond donors (Lipinski definition) is 0. The molecule has 0 heterocycles. The van der Waals surface area contributed by atoms with E-state index in [9.17, 15) is 0 Å². The quantitative estimate of drug-likeness (QED) is 0.419. The molecule has 2 nitrogen and oxygen atoms in total. The molecule has 0 spiro atoms. The van der Waals surface area contributed by atoms with E-state index in [0.29, 0.717) is 0 Å². The summed E-state index contributed by atoms with van der Waals surface area (Å²) in [5.74, 6) is 0. The van der Waals surface area contributed by atoms with Crippen LogP contribution in [0, 0.1) is 22.7 Å². The van der Waals surface area contributed by atoms with E-state index in [1.165, 1.54) is 12.1 Å². The highest BCUT2D eigenvalue weighted by atomic mass is 14.3. The molecule has 0 bridgehead atoms. The Balaban J connectivity index is 0. The molecule has 0 fully saturated rings. The first-order valence-corrected chi connectivity index (χ1v) is 0.697. The monoisotopic (exact) mass is 68.0 g/mol. The van der Waals surface area contributed by atoms with E-state index in [1.807, 2.05) is 0 Å². The second kappa shape index (κ2) is 12.2. The third-order valence-corrected chi connectivity index (χ3v) is 0.0500. The second-order valence-electron chi connectivity index (χ2n) is 0.224. The van der Waals surface area contributed by atoms with Gasteiger partial charge in [0.1, 0.15) is 0 Å². The maximum Gasteiger partial charge on any atom is 0.181 e. The Morgan fingerprint density at radius 1 is 1.00 bits per heavy atom. The minimum absolute atomic E-state index is 0. The smallest absolute Gasteiger partial charge is 0.181 e. The van der Waals surface area contributed by atoms with Crippen LogP contribution in [0.15, 0.2) is 0 Å². The van der Waals surface area contributed by atoms with E-state index in [-0.39, 0.29) is 7.43 Å². The second-order valence-corrected chi connectivity index (χ2v) is 0.224. The highest BCUT2D eigenvalue weighted by molar-refractivity contribution is 4.99. The van der Waals surface area contributed by atoms with Crippen molar-refractivity contribution in [3.63, 3.8) is 0 Å². The average molecular weight is 68.1 g/mol. The number of hydrogen-bond acceptors (Lipinski definition) is 2. The van der Waals surface area contributed by atoms with Crippen molar-refractivity contribution in [2.45, 2.75) is 7.43 Å². The summed E-state index contributed by atoms with van der Waals surface area (Å²) in [4.78, 5) is 0. The molecular weight excluding hydrogens is 64.0 g/mol. The summed E-state index contributed by atoms with van der Waals surface area (Å²) < 4.78 is 0. The highest BCUT2D eigenvalue weighted by Gasteiger charge is 1.39. The van der Waals surface area contributed by atoms with E-state index in [2.05, 4.69) is 0 Å². The van der Waals surface area contributed by atoms with Gasteiger partial charge in [-0.2, -0.15) is 10.5 Å². The lowest BCUT2D eigenvalue weighted by Gasteiger charge is -1.16. The van der Waals surface area contributed by atoms with Gasteiger partial charge in [-0.15, -0.1) is 0 Å². The van der Waals surface area contributed by atoms with Gasteiger partial charge in [-0.1, -0.05) is 7.43 Å². The van der Waals surface area contributed by atoms with Gasteiger partial charge in [0.05, 0.1) is 0 Å². The Labute approximate surface area is 31.3 Å². The third-order valence-electron chi connectivity index (χ3n) is 0.0500. The Kier molecular flexibility index (Phi) is 21.9. The third kappa shape index (κ3) is 7150. The van der Waals surface area contributed by atoms with Crippen LogP contribution in [0.25, 0.3) is 0 Å². The molecule has 26 valence electrons. The molecule has 0 rings (SSSR count). The summed E-state index contributed by atoms with van der Waals surface area (Å²) in [6.45, 7) is 0. The lowest BCUT2D eigenvalue weighted by molar-refractivity contribution is 1.49. The van der Waals surface area contributed by atoms with Gasteiger partial charge in [0.25, 0.3) is 0 Å². The first-order chi connectivity index (χ1) is 1.91. The standard InChI is InChI=1S/C2N2.CH4/c3-1-2-4;/h;1H4. The largest absolute Gasteiger partial charge is 0.181 e. The average Bonchev–Trinajstić information content (AvgIpc) is 1.37. The van der Waals surface area contributed by atoms with Gasteiger partial charge in [0.15, 0.2) is 12.1 Å². The fourth-order valence-corrected chi connectivity index (χ4v) is 0. The molecule has 0 aromatic carbocycles. The van der Waals surface area contributed by atoms with E-state index in [4.69, 9.17) is 10.5 Å². The van der Waals surface area contributed by atoms with Gasteiger partial charge in [-0.25, -0.2) is 0 Å². The van der Waals surface area contributed by atoms with Crippen molar-refractivity contribution >= 4 is 0 Å². The lowest BCUT2D eigenvalue weighted by Crippen LogP contribution is -1.26. The summed E-state index contributed by atoms with van der Waals surface area (Å²) in [5, 5.41) is 14.5.